The van der Waals surface area contributed by atoms with Crippen molar-refractivity contribution < 1.29 is 45.5 Å². The van der Waals surface area contributed by atoms with E-state index in [0.717, 1.165) is 247 Å². The van der Waals surface area contributed by atoms with Gasteiger partial charge < -0.3 is 37.9 Å². The summed E-state index contributed by atoms with van der Waals surface area (Å²) in [4.78, 5) is 89.1. The third-order valence-corrected chi connectivity index (χ3v) is 24.7. The third-order valence-electron chi connectivity index (χ3n) is 24.7. The van der Waals surface area contributed by atoms with Gasteiger partial charge in [0.25, 0.3) is 23.6 Å². The number of aromatic nitrogens is 8. The molecule has 20 nitrogen and oxygen atoms in total. The monoisotopic (exact) mass is 1850 g/mol. The molecule has 0 saturated carbocycles. The lowest BCUT2D eigenvalue weighted by atomic mass is 10.1. The minimum atomic E-state index is -0.718. The molecule has 8 aromatic carbocycles. The van der Waals surface area contributed by atoms with Crippen LogP contribution in [0.4, 0.5) is 26.3 Å². The van der Waals surface area contributed by atoms with Gasteiger partial charge in [0.15, 0.2) is 0 Å². The van der Waals surface area contributed by atoms with Crippen molar-refractivity contribution in [1.82, 2.24) is 77.4 Å². The number of amides is 4. The molecule has 135 heavy (non-hydrogen) atoms. The van der Waals surface area contributed by atoms with Gasteiger partial charge in [-0.05, 0) is 239 Å². The average Bonchev–Trinajstić information content (AvgIpc) is 1.65. The van der Waals surface area contributed by atoms with Gasteiger partial charge >= 0.3 is 0 Å². The third kappa shape index (κ3) is 27.1. The number of hydrogen-bond donors (Lipinski definition) is 0. The quantitative estimate of drug-likeness (QED) is 0.0270. The first-order chi connectivity index (χ1) is 65.4. The highest BCUT2D eigenvalue weighted by atomic mass is 19.1. The Balaban J connectivity index is 0.000000152. The molecule has 0 unspecified atom stereocenters. The number of aryl methyl sites for hydroxylation is 4. The van der Waals surface area contributed by atoms with E-state index < -0.39 is 46.7 Å². The summed E-state index contributed by atoms with van der Waals surface area (Å²) in [6, 6.07) is 43.8. The molecule has 4 aromatic heterocycles. The van der Waals surface area contributed by atoms with Crippen LogP contribution in [-0.4, -0.2) is 180 Å². The van der Waals surface area contributed by atoms with Gasteiger partial charge in [-0.1, -0.05) is 142 Å². The van der Waals surface area contributed by atoms with Crippen molar-refractivity contribution in [1.29, 1.82) is 0 Å². The zero-order chi connectivity index (χ0) is 95.6. The van der Waals surface area contributed by atoms with Gasteiger partial charge in [0, 0.05) is 129 Å². The number of carbonyl (C=O) groups excluding carboxylic acids is 4. The maximum Gasteiger partial charge on any atom is 0.257 e. The van der Waals surface area contributed by atoms with Crippen LogP contribution >= 0.6 is 0 Å². The Kier molecular flexibility index (Phi) is 36.6. The maximum absolute atomic E-state index is 14.4. The van der Waals surface area contributed by atoms with Crippen molar-refractivity contribution in [3.8, 4) is 0 Å². The lowest BCUT2D eigenvalue weighted by Gasteiger charge is -2.25. The lowest BCUT2D eigenvalue weighted by Crippen LogP contribution is -2.35. The molecule has 4 aliphatic heterocycles. The fraction of sp³-hybridized carbons (Fsp3) is 0.431. The summed E-state index contributed by atoms with van der Waals surface area (Å²) in [7, 11) is 0. The number of nitrogens with zero attached hydrogens (tertiary/aromatic N) is 16. The highest BCUT2D eigenvalue weighted by Gasteiger charge is 2.30. The fourth-order valence-corrected chi connectivity index (χ4v) is 18.5. The van der Waals surface area contributed by atoms with E-state index in [0.29, 0.717) is 62.7 Å². The van der Waals surface area contributed by atoms with Crippen molar-refractivity contribution >= 4 is 67.8 Å². The minimum absolute atomic E-state index is 0.157. The molecule has 1 fully saturated rings. The largest absolute Gasteiger partial charge is 0.331 e. The summed E-state index contributed by atoms with van der Waals surface area (Å²) in [6.45, 7) is 39.2. The molecule has 26 heteroatoms. The van der Waals surface area contributed by atoms with E-state index in [4.69, 9.17) is 19.9 Å². The Morgan fingerprint density at radius 2 is 0.630 bits per heavy atom. The van der Waals surface area contributed by atoms with E-state index >= 15 is 0 Å². The van der Waals surface area contributed by atoms with Crippen LogP contribution in [0.25, 0.3) is 44.1 Å². The van der Waals surface area contributed by atoms with Crippen LogP contribution in [-0.2, 0) is 78.5 Å². The Labute approximate surface area is 792 Å². The van der Waals surface area contributed by atoms with Crippen molar-refractivity contribution in [3.05, 3.63) is 297 Å². The summed E-state index contributed by atoms with van der Waals surface area (Å²) in [6.07, 6.45) is 24.4. The maximum atomic E-state index is 14.4. The van der Waals surface area contributed by atoms with Crippen LogP contribution < -0.4 is 0 Å². The van der Waals surface area contributed by atoms with Gasteiger partial charge in [-0.2, -0.15) is 0 Å². The predicted octanol–water partition coefficient (Wildman–Crippen LogP) is 22.2. The number of rotatable bonds is 36. The van der Waals surface area contributed by atoms with Crippen LogP contribution in [0.15, 0.2) is 194 Å². The molecule has 8 heterocycles. The van der Waals surface area contributed by atoms with Gasteiger partial charge in [-0.25, -0.2) is 46.3 Å². The molecule has 1 saturated heterocycles. The number of likely N-dealkylation sites (tertiary alicyclic amines) is 1. The molecule has 0 atom stereocenters. The number of benzene rings is 8. The zero-order valence-electron chi connectivity index (χ0n) is 80.4. The van der Waals surface area contributed by atoms with E-state index in [-0.39, 0.29) is 41.9 Å². The van der Waals surface area contributed by atoms with E-state index in [9.17, 15) is 45.5 Å². The van der Waals surface area contributed by atoms with Gasteiger partial charge in [-0.15, -0.1) is 0 Å². The summed E-state index contributed by atoms with van der Waals surface area (Å²) in [5.74, 6) is -1.13. The molecule has 0 aliphatic carbocycles. The summed E-state index contributed by atoms with van der Waals surface area (Å²) >= 11 is 0. The Hall–Kier alpha value is -11.8. The lowest BCUT2D eigenvalue weighted by molar-refractivity contribution is 0.0706. The standard InChI is InChI=1S/C28H34F2N4O.C27H32F2N4O.C27H35FN4O.C27H33FN4O/c1-4-12-34-26-11-8-21(18-32-13-6-5-7-14-32)15-25(26)31-27(34)19-33(17-20(2)3)28(35)23-16-22(29)9-10-24(23)30;1-3-12-32(27(34)22-17-21(28)9-10-23(22)29)19-26-30-24-16-20(18-31-14-6-5-7-15-31)8-11-25(24)33(26)13-4-2;1-4-12-32-25-11-10-21(18-30-13-5-6-14-30)15-24(25)29-26(32)19-31(17-20(2)3)27(33)22-8-7-9-23(28)16-22;1-3-13-31(27(33)22-9-8-10-23(28)18-22)20-26-29-24-17-21(19-30-15-6-5-7-16-30)11-12-25(24)32(26)14-4-2/h5-6,8-11,15-16,20H,4,7,12-14,17-19H2,1-3H3;5-6,8-11,16-17H,3-4,7,12-15,18-19H2,1-2H3;7-11,15-16,20H,4-6,12-14,17-19H2,1-3H3;5-6,8-12,17-18H,3-4,7,13-16,19-20H2,1-2H3. The van der Waals surface area contributed by atoms with Crippen molar-refractivity contribution in [3.63, 3.8) is 0 Å². The van der Waals surface area contributed by atoms with Crippen LogP contribution in [0, 0.1) is 46.7 Å². The first-order valence-electron chi connectivity index (χ1n) is 48.7. The number of hydrogen-bond acceptors (Lipinski definition) is 12. The molecular weight excluding hydrogens is 1710 g/mol. The van der Waals surface area contributed by atoms with Crippen molar-refractivity contribution in [2.45, 2.75) is 218 Å². The molecule has 0 radical (unpaired) electrons. The van der Waals surface area contributed by atoms with Gasteiger partial charge in [0.2, 0.25) is 0 Å². The zero-order valence-corrected chi connectivity index (χ0v) is 80.4. The van der Waals surface area contributed by atoms with Crippen LogP contribution in [0.1, 0.15) is 227 Å². The van der Waals surface area contributed by atoms with E-state index in [1.807, 2.05) is 27.7 Å². The molecule has 4 amide bonds. The van der Waals surface area contributed by atoms with E-state index in [1.54, 1.807) is 43.9 Å². The smallest absolute Gasteiger partial charge is 0.257 e. The fourth-order valence-electron chi connectivity index (χ4n) is 18.5. The summed E-state index contributed by atoms with van der Waals surface area (Å²) in [5.41, 5.74) is 13.2. The second-order valence-corrected chi connectivity index (χ2v) is 36.9. The van der Waals surface area contributed by atoms with Crippen molar-refractivity contribution in [2.24, 2.45) is 11.8 Å². The average molecular weight is 1850 g/mol. The second kappa shape index (κ2) is 49.1. The number of halogens is 6. The highest BCUT2D eigenvalue weighted by Crippen LogP contribution is 2.31. The van der Waals surface area contributed by atoms with E-state index in [2.05, 4.69) is 189 Å². The molecule has 716 valence electrons. The minimum Gasteiger partial charge on any atom is -0.331 e. The summed E-state index contributed by atoms with van der Waals surface area (Å²) < 4.78 is 92.5. The molecule has 0 spiro atoms. The Morgan fingerprint density at radius 3 is 0.941 bits per heavy atom. The Bertz CT molecular complexity index is 6100. The predicted molar refractivity (Wildman–Crippen MR) is 526 cm³/mol. The van der Waals surface area contributed by atoms with Gasteiger partial charge in [0.1, 0.15) is 58.2 Å². The van der Waals surface area contributed by atoms with Crippen LogP contribution in [0.3, 0.4) is 0 Å². The van der Waals surface area contributed by atoms with Crippen LogP contribution in [0.2, 0.25) is 0 Å². The SMILES string of the molecule is CCCN(Cc1nc2cc(CN3CC=CCC3)ccc2n1CCC)C(=O)c1cc(F)ccc1F.CCCN(Cc1nc2cc(CN3CC=CCC3)ccc2n1CCC)C(=O)c1cccc(F)c1.CCCn1c(CN(CC(C)C)C(=O)c2cc(F)ccc2F)nc2cc(CN3CC=CCC3)ccc21.CCCn1c(CN(CC(C)C)C(=O)c2cccc(F)c2)nc2cc(CN3CCCC3)ccc21. The Morgan fingerprint density at radius 1 is 0.326 bits per heavy atom. The first kappa shape index (κ1) is 101. The first-order valence-corrected chi connectivity index (χ1v) is 48.7. The van der Waals surface area contributed by atoms with Crippen LogP contribution in [0.5, 0.6) is 0 Å². The van der Waals surface area contributed by atoms with Crippen molar-refractivity contribution in [2.75, 3.05) is 78.5 Å². The van der Waals surface area contributed by atoms with Gasteiger partial charge in [-0.3, -0.25) is 38.8 Å². The molecular formula is C109H134F6N16O4. The molecule has 12 aromatic rings. The number of imidazole rings is 4. The number of carbonyl (C=O) groups is 4. The number of fused-ring (bicyclic) bond motifs is 4. The molecule has 4 aliphatic rings. The molecule has 16 rings (SSSR count). The van der Waals surface area contributed by atoms with Gasteiger partial charge in [0.05, 0.1) is 81.4 Å². The highest BCUT2D eigenvalue weighted by molar-refractivity contribution is 5.96. The van der Waals surface area contributed by atoms with E-state index in [1.165, 1.54) is 72.5 Å². The molecule has 0 bridgehead atoms. The second-order valence-electron chi connectivity index (χ2n) is 36.9. The normalized spacial score (nSPS) is 14.2. The summed E-state index contributed by atoms with van der Waals surface area (Å²) in [5, 5.41) is 0. The molecule has 0 N–H and O–H groups in total. The topological polar surface area (TPSA) is 165 Å².